The number of Topliss-reactive ketones (excluding diaryl/α,β-unsaturated/α-hetero) is 1. The molecule has 0 spiro atoms. The molecule has 0 aliphatic heterocycles. The van der Waals surface area contributed by atoms with Crippen molar-refractivity contribution >= 4 is 27.4 Å². The van der Waals surface area contributed by atoms with E-state index in [0.717, 1.165) is 15.9 Å². The molecule has 0 saturated carbocycles. The highest BCUT2D eigenvalue weighted by atomic mass is 79.9. The van der Waals surface area contributed by atoms with Crippen LogP contribution in [0.1, 0.15) is 6.42 Å². The molecule has 0 radical (unpaired) electrons. The Balaban J connectivity index is 2.76. The van der Waals surface area contributed by atoms with Gasteiger partial charge in [-0.2, -0.15) is 5.26 Å². The number of halogens is 1. The summed E-state index contributed by atoms with van der Waals surface area (Å²) in [5.74, 6) is 0.646. The van der Waals surface area contributed by atoms with E-state index in [1.54, 1.807) is 12.0 Å². The van der Waals surface area contributed by atoms with Gasteiger partial charge in [0.25, 0.3) is 0 Å². The van der Waals surface area contributed by atoms with Crippen molar-refractivity contribution in [2.45, 2.75) is 6.42 Å². The third-order valence-electron chi connectivity index (χ3n) is 2.27. The van der Waals surface area contributed by atoms with Gasteiger partial charge in [-0.15, -0.1) is 0 Å². The Morgan fingerprint density at radius 2 is 2.29 bits per heavy atom. The number of nitrogens with zero attached hydrogens (tertiary/aromatic N) is 2. The first-order chi connectivity index (χ1) is 8.08. The van der Waals surface area contributed by atoms with Gasteiger partial charge in [0.05, 0.1) is 30.6 Å². The number of nitriles is 1. The fourth-order valence-electron chi connectivity index (χ4n) is 1.39. The van der Waals surface area contributed by atoms with Crippen molar-refractivity contribution < 1.29 is 9.53 Å². The Bertz CT molecular complexity index is 454. The van der Waals surface area contributed by atoms with Crippen LogP contribution in [0, 0.1) is 11.3 Å². The van der Waals surface area contributed by atoms with Crippen molar-refractivity contribution in [2.24, 2.45) is 0 Å². The number of carbonyl (C=O) groups excluding carboxylic acids is 1. The van der Waals surface area contributed by atoms with Crippen LogP contribution in [0.4, 0.5) is 5.69 Å². The molecular formula is C12H13BrN2O2. The fraction of sp³-hybridized carbons (Fsp3) is 0.333. The summed E-state index contributed by atoms with van der Waals surface area (Å²) in [5, 5.41) is 8.42. The van der Waals surface area contributed by atoms with E-state index >= 15 is 0 Å². The summed E-state index contributed by atoms with van der Waals surface area (Å²) in [6.45, 7) is 0.229. The first-order valence-electron chi connectivity index (χ1n) is 5.01. The number of hydrogen-bond donors (Lipinski definition) is 0. The van der Waals surface area contributed by atoms with Gasteiger partial charge in [0.15, 0.2) is 5.78 Å². The predicted molar refractivity (Wildman–Crippen MR) is 69.2 cm³/mol. The molecule has 0 heterocycles. The topological polar surface area (TPSA) is 53.3 Å². The van der Waals surface area contributed by atoms with Crippen molar-refractivity contribution in [3.63, 3.8) is 0 Å². The molecule has 0 unspecified atom stereocenters. The zero-order valence-corrected chi connectivity index (χ0v) is 11.3. The van der Waals surface area contributed by atoms with Crippen molar-refractivity contribution in [2.75, 3.05) is 25.6 Å². The molecule has 0 saturated heterocycles. The molecule has 0 fully saturated rings. The number of anilines is 1. The molecule has 0 aliphatic rings. The monoisotopic (exact) mass is 296 g/mol. The van der Waals surface area contributed by atoms with Gasteiger partial charge in [0, 0.05) is 12.7 Å². The van der Waals surface area contributed by atoms with E-state index in [9.17, 15) is 4.79 Å². The Kier molecular flexibility index (Phi) is 4.98. The number of methoxy groups -OCH3 is 1. The average Bonchev–Trinajstić information content (AvgIpc) is 2.29. The van der Waals surface area contributed by atoms with E-state index in [1.165, 1.54) is 0 Å². The van der Waals surface area contributed by atoms with Gasteiger partial charge < -0.3 is 9.64 Å². The summed E-state index contributed by atoms with van der Waals surface area (Å²) in [6, 6.07) is 7.41. The number of rotatable bonds is 5. The normalized spacial score (nSPS) is 9.53. The standard InChI is InChI=1S/C12H13BrN2O2/c1-15(8-10(16)5-6-14)9-3-4-12(17-2)11(13)7-9/h3-4,7H,5,8H2,1-2H3. The Morgan fingerprint density at radius 3 is 2.82 bits per heavy atom. The summed E-state index contributed by atoms with van der Waals surface area (Å²) >= 11 is 3.38. The third-order valence-corrected chi connectivity index (χ3v) is 2.89. The maximum atomic E-state index is 11.3. The predicted octanol–water partition coefficient (Wildman–Crippen LogP) is 2.38. The van der Waals surface area contributed by atoms with Gasteiger partial charge in [0.2, 0.25) is 0 Å². The molecule has 0 aromatic heterocycles. The summed E-state index contributed by atoms with van der Waals surface area (Å²) in [4.78, 5) is 13.1. The number of ether oxygens (including phenoxy) is 1. The molecule has 0 N–H and O–H groups in total. The number of benzene rings is 1. The van der Waals surface area contributed by atoms with Crippen LogP contribution in [0.2, 0.25) is 0 Å². The molecule has 1 aromatic rings. The Hall–Kier alpha value is -1.54. The largest absolute Gasteiger partial charge is 0.496 e. The zero-order valence-electron chi connectivity index (χ0n) is 9.74. The molecule has 0 atom stereocenters. The lowest BCUT2D eigenvalue weighted by molar-refractivity contribution is -0.116. The highest BCUT2D eigenvalue weighted by molar-refractivity contribution is 9.10. The molecule has 17 heavy (non-hydrogen) atoms. The lowest BCUT2D eigenvalue weighted by Gasteiger charge is -2.18. The number of carbonyl (C=O) groups is 1. The second kappa shape index (κ2) is 6.26. The van der Waals surface area contributed by atoms with Gasteiger partial charge in [-0.3, -0.25) is 4.79 Å². The van der Waals surface area contributed by atoms with Crippen LogP contribution in [-0.4, -0.2) is 26.5 Å². The van der Waals surface area contributed by atoms with Crippen LogP contribution in [0.15, 0.2) is 22.7 Å². The summed E-state index contributed by atoms with van der Waals surface area (Å²) in [5.41, 5.74) is 0.893. The molecule has 90 valence electrons. The van der Waals surface area contributed by atoms with Gasteiger partial charge >= 0.3 is 0 Å². The van der Waals surface area contributed by atoms with Gasteiger partial charge in [-0.05, 0) is 34.1 Å². The average molecular weight is 297 g/mol. The van der Waals surface area contributed by atoms with E-state index in [-0.39, 0.29) is 18.7 Å². The number of ketones is 1. The van der Waals surface area contributed by atoms with Crippen LogP contribution in [0.25, 0.3) is 0 Å². The smallest absolute Gasteiger partial charge is 0.166 e. The van der Waals surface area contributed by atoms with E-state index < -0.39 is 0 Å². The maximum absolute atomic E-state index is 11.3. The van der Waals surface area contributed by atoms with Crippen LogP contribution in [-0.2, 0) is 4.79 Å². The molecule has 0 amide bonds. The SMILES string of the molecule is COc1ccc(N(C)CC(=O)CC#N)cc1Br. The Morgan fingerprint density at radius 1 is 1.59 bits per heavy atom. The van der Waals surface area contributed by atoms with Crippen LogP contribution in [0.5, 0.6) is 5.75 Å². The number of hydrogen-bond acceptors (Lipinski definition) is 4. The molecule has 0 aliphatic carbocycles. The first kappa shape index (κ1) is 13.5. The lowest BCUT2D eigenvalue weighted by Crippen LogP contribution is -2.25. The molecule has 5 heteroatoms. The van der Waals surface area contributed by atoms with E-state index in [4.69, 9.17) is 10.00 Å². The maximum Gasteiger partial charge on any atom is 0.166 e. The second-order valence-electron chi connectivity index (χ2n) is 3.55. The van der Waals surface area contributed by atoms with Gasteiger partial charge in [0.1, 0.15) is 5.75 Å². The van der Waals surface area contributed by atoms with Crippen molar-refractivity contribution in [1.82, 2.24) is 0 Å². The minimum Gasteiger partial charge on any atom is -0.496 e. The zero-order chi connectivity index (χ0) is 12.8. The summed E-state index contributed by atoms with van der Waals surface area (Å²) in [7, 11) is 3.41. The molecule has 1 rings (SSSR count). The minimum atomic E-state index is -0.0954. The highest BCUT2D eigenvalue weighted by Crippen LogP contribution is 2.29. The van der Waals surface area contributed by atoms with Crippen molar-refractivity contribution in [1.29, 1.82) is 5.26 Å². The van der Waals surface area contributed by atoms with Gasteiger partial charge in [-0.25, -0.2) is 0 Å². The molecular weight excluding hydrogens is 284 g/mol. The van der Waals surface area contributed by atoms with Gasteiger partial charge in [-0.1, -0.05) is 0 Å². The summed E-state index contributed by atoms with van der Waals surface area (Å²) < 4.78 is 5.95. The highest BCUT2D eigenvalue weighted by Gasteiger charge is 2.09. The lowest BCUT2D eigenvalue weighted by atomic mass is 10.2. The van der Waals surface area contributed by atoms with Crippen LogP contribution >= 0.6 is 15.9 Å². The Labute approximate surface area is 109 Å². The van der Waals surface area contributed by atoms with Crippen molar-refractivity contribution in [3.05, 3.63) is 22.7 Å². The molecule has 4 nitrogen and oxygen atoms in total. The fourth-order valence-corrected chi connectivity index (χ4v) is 1.92. The van der Waals surface area contributed by atoms with E-state index in [0.29, 0.717) is 0 Å². The quantitative estimate of drug-likeness (QED) is 0.837. The van der Waals surface area contributed by atoms with Crippen LogP contribution in [0.3, 0.4) is 0 Å². The first-order valence-corrected chi connectivity index (χ1v) is 5.81. The molecule has 0 bridgehead atoms. The third kappa shape index (κ3) is 3.75. The van der Waals surface area contributed by atoms with E-state index in [1.807, 2.05) is 31.3 Å². The van der Waals surface area contributed by atoms with Crippen molar-refractivity contribution in [3.8, 4) is 11.8 Å². The second-order valence-corrected chi connectivity index (χ2v) is 4.40. The van der Waals surface area contributed by atoms with E-state index in [2.05, 4.69) is 15.9 Å². The number of likely N-dealkylation sites (N-methyl/N-ethyl adjacent to an activating group) is 1. The summed E-state index contributed by atoms with van der Waals surface area (Å²) in [6.07, 6.45) is -0.0539. The van der Waals surface area contributed by atoms with Crippen LogP contribution < -0.4 is 9.64 Å². The molecule has 1 aromatic carbocycles. The minimum absolute atomic E-state index is 0.0539.